The molecule has 10 heteroatoms. The van der Waals surface area contributed by atoms with Crippen molar-refractivity contribution in [2.75, 3.05) is 29.9 Å². The molecule has 1 aromatic heterocycles. The normalized spacial score (nSPS) is 14.8. The number of hydrogen-bond acceptors (Lipinski definition) is 7. The van der Waals surface area contributed by atoms with Gasteiger partial charge in [-0.15, -0.1) is 20.4 Å². The lowest BCUT2D eigenvalue weighted by Crippen LogP contribution is -2.29. The number of aryl methyl sites for hydroxylation is 1. The molecule has 0 aliphatic carbocycles. The number of halogens is 3. The Bertz CT molecular complexity index is 744. The van der Waals surface area contributed by atoms with Crippen molar-refractivity contribution in [2.45, 2.75) is 25.9 Å². The van der Waals surface area contributed by atoms with Gasteiger partial charge in [0.15, 0.2) is 0 Å². The maximum absolute atomic E-state index is 12.6. The molecule has 2 aromatic rings. The van der Waals surface area contributed by atoms with Gasteiger partial charge in [0.25, 0.3) is 5.13 Å². The number of anilines is 2. The molecule has 1 aromatic carbocycles. The molecule has 0 atom stereocenters. The van der Waals surface area contributed by atoms with Gasteiger partial charge in [0.05, 0.1) is 5.69 Å². The summed E-state index contributed by atoms with van der Waals surface area (Å²) in [5.74, 6) is 0. The van der Waals surface area contributed by atoms with Crippen LogP contribution in [0.1, 0.15) is 18.9 Å². The van der Waals surface area contributed by atoms with E-state index in [4.69, 9.17) is 0 Å². The molecule has 134 valence electrons. The Kier molecular flexibility index (Phi) is 5.16. The van der Waals surface area contributed by atoms with Crippen LogP contribution in [-0.2, 0) is 6.42 Å². The number of aromatic nitrogens is 2. The van der Waals surface area contributed by atoms with E-state index in [0.29, 0.717) is 16.5 Å². The minimum absolute atomic E-state index is 0.310. The molecule has 0 saturated carbocycles. The summed E-state index contributed by atoms with van der Waals surface area (Å²) in [4.78, 5) is 2.16. The lowest BCUT2D eigenvalue weighted by Gasteiger charge is -2.31. The third kappa shape index (κ3) is 4.44. The van der Waals surface area contributed by atoms with Crippen molar-refractivity contribution in [3.8, 4) is 0 Å². The summed E-state index contributed by atoms with van der Waals surface area (Å²) >= 11 is 1.21. The van der Waals surface area contributed by atoms with E-state index >= 15 is 0 Å². The Morgan fingerprint density at radius 3 is 2.84 bits per heavy atom. The molecule has 0 bridgehead atoms. The second-order valence-corrected chi connectivity index (χ2v) is 6.38. The number of azo groups is 1. The van der Waals surface area contributed by atoms with Crippen molar-refractivity contribution < 1.29 is 13.2 Å². The first-order valence-corrected chi connectivity index (χ1v) is 8.74. The van der Waals surface area contributed by atoms with Gasteiger partial charge in [-0.1, -0.05) is 11.3 Å². The van der Waals surface area contributed by atoms with E-state index in [2.05, 4.69) is 30.6 Å². The van der Waals surface area contributed by atoms with E-state index in [0.717, 1.165) is 37.2 Å². The fourth-order valence-corrected chi connectivity index (χ4v) is 3.12. The first kappa shape index (κ1) is 17.6. The number of nitrogens with one attached hydrogen (secondary N) is 1. The highest BCUT2D eigenvalue weighted by Gasteiger charge is 2.27. The topological polar surface area (TPSA) is 65.8 Å². The van der Waals surface area contributed by atoms with E-state index in [1.165, 1.54) is 16.8 Å². The average molecular weight is 370 g/mol. The third-order valence-corrected chi connectivity index (χ3v) is 4.44. The highest BCUT2D eigenvalue weighted by atomic mass is 32.1. The quantitative estimate of drug-likeness (QED) is 0.775. The molecule has 25 heavy (non-hydrogen) atoms. The van der Waals surface area contributed by atoms with Crippen LogP contribution >= 0.6 is 11.3 Å². The smallest absolute Gasteiger partial charge is 0.375 e. The summed E-state index contributed by atoms with van der Waals surface area (Å²) in [6.07, 6.45) is -2.44. The van der Waals surface area contributed by atoms with Gasteiger partial charge < -0.3 is 10.2 Å². The number of alkyl halides is 3. The Morgan fingerprint density at radius 1 is 1.32 bits per heavy atom. The van der Waals surface area contributed by atoms with Crippen LogP contribution in [0.3, 0.4) is 0 Å². The molecule has 0 unspecified atom stereocenters. The SMILES string of the molecule is CCN1CCCc2cc(N=Nc3nncs3)c(NCC(F)(F)F)cc21. The second-order valence-electron chi connectivity index (χ2n) is 5.57. The predicted molar refractivity (Wildman–Crippen MR) is 91.3 cm³/mol. The van der Waals surface area contributed by atoms with Gasteiger partial charge in [-0.2, -0.15) is 13.2 Å². The zero-order valence-electron chi connectivity index (χ0n) is 13.5. The number of hydrogen-bond donors (Lipinski definition) is 1. The minimum Gasteiger partial charge on any atom is -0.375 e. The van der Waals surface area contributed by atoms with Crippen LogP contribution in [0.4, 0.5) is 35.4 Å². The van der Waals surface area contributed by atoms with Crippen LogP contribution in [-0.4, -0.2) is 36.0 Å². The summed E-state index contributed by atoms with van der Waals surface area (Å²) in [6, 6.07) is 3.54. The number of nitrogens with zero attached hydrogens (tertiary/aromatic N) is 5. The lowest BCUT2D eigenvalue weighted by molar-refractivity contribution is -0.115. The summed E-state index contributed by atoms with van der Waals surface area (Å²) in [5, 5.41) is 18.3. The van der Waals surface area contributed by atoms with Crippen LogP contribution < -0.4 is 10.2 Å². The largest absolute Gasteiger partial charge is 0.405 e. The van der Waals surface area contributed by atoms with E-state index in [-0.39, 0.29) is 0 Å². The van der Waals surface area contributed by atoms with Crippen LogP contribution in [0.15, 0.2) is 27.9 Å². The van der Waals surface area contributed by atoms with Gasteiger partial charge in [0.2, 0.25) is 0 Å². The first-order valence-electron chi connectivity index (χ1n) is 7.86. The molecule has 0 fully saturated rings. The maximum atomic E-state index is 12.6. The molecule has 2 heterocycles. The van der Waals surface area contributed by atoms with Crippen LogP contribution in [0.2, 0.25) is 0 Å². The van der Waals surface area contributed by atoms with Crippen molar-refractivity contribution in [1.82, 2.24) is 10.2 Å². The molecule has 0 saturated heterocycles. The molecule has 1 aliphatic heterocycles. The molecule has 0 radical (unpaired) electrons. The first-order chi connectivity index (χ1) is 12.0. The van der Waals surface area contributed by atoms with Crippen LogP contribution in [0.25, 0.3) is 0 Å². The molecule has 1 N–H and O–H groups in total. The Hall–Kier alpha value is -2.23. The summed E-state index contributed by atoms with van der Waals surface area (Å²) in [7, 11) is 0. The molecule has 1 aliphatic rings. The molecular formula is C15H17F3N6S. The van der Waals surface area contributed by atoms with Crippen LogP contribution in [0.5, 0.6) is 0 Å². The minimum atomic E-state index is -4.31. The fraction of sp³-hybridized carbons (Fsp3) is 0.467. The molecule has 6 nitrogen and oxygen atoms in total. The molecule has 3 rings (SSSR count). The van der Waals surface area contributed by atoms with Gasteiger partial charge in [-0.05, 0) is 37.5 Å². The standard InChI is InChI=1S/C15H17F3N6S/c1-2-24-5-3-4-10-6-12(21-23-14-22-20-9-25-14)11(7-13(10)24)19-8-15(16,17)18/h6-7,9,19H,2-5,8H2,1H3. The number of benzene rings is 1. The van der Waals surface area contributed by atoms with Gasteiger partial charge in [-0.25, -0.2) is 0 Å². The van der Waals surface area contributed by atoms with E-state index in [1.807, 2.05) is 6.92 Å². The van der Waals surface area contributed by atoms with Crippen molar-refractivity contribution in [2.24, 2.45) is 10.2 Å². The fourth-order valence-electron chi connectivity index (χ4n) is 2.75. The van der Waals surface area contributed by atoms with Gasteiger partial charge in [-0.3, -0.25) is 0 Å². The maximum Gasteiger partial charge on any atom is 0.405 e. The Balaban J connectivity index is 1.95. The Morgan fingerprint density at radius 2 is 2.16 bits per heavy atom. The summed E-state index contributed by atoms with van der Waals surface area (Å²) in [6.45, 7) is 2.60. The molecular weight excluding hydrogens is 353 g/mol. The summed E-state index contributed by atoms with van der Waals surface area (Å²) < 4.78 is 37.9. The lowest BCUT2D eigenvalue weighted by atomic mass is 10.00. The highest BCUT2D eigenvalue weighted by molar-refractivity contribution is 7.13. The Labute approximate surface area is 146 Å². The molecule has 0 amide bonds. The van der Waals surface area contributed by atoms with E-state index < -0.39 is 12.7 Å². The average Bonchev–Trinajstić information content (AvgIpc) is 3.10. The third-order valence-electron chi connectivity index (χ3n) is 3.86. The number of fused-ring (bicyclic) bond motifs is 1. The number of rotatable bonds is 5. The zero-order valence-corrected chi connectivity index (χ0v) is 14.4. The van der Waals surface area contributed by atoms with Crippen molar-refractivity contribution in [1.29, 1.82) is 0 Å². The highest BCUT2D eigenvalue weighted by Crippen LogP contribution is 2.38. The zero-order chi connectivity index (χ0) is 17.9. The van der Waals surface area contributed by atoms with Gasteiger partial charge in [0.1, 0.15) is 17.7 Å². The van der Waals surface area contributed by atoms with Crippen molar-refractivity contribution in [3.63, 3.8) is 0 Å². The summed E-state index contributed by atoms with van der Waals surface area (Å²) in [5.41, 5.74) is 4.22. The second kappa shape index (κ2) is 7.34. The van der Waals surface area contributed by atoms with E-state index in [9.17, 15) is 13.2 Å². The van der Waals surface area contributed by atoms with Crippen molar-refractivity contribution >= 4 is 33.5 Å². The molecule has 0 spiro atoms. The van der Waals surface area contributed by atoms with Crippen LogP contribution in [0, 0.1) is 0 Å². The predicted octanol–water partition coefficient (Wildman–Crippen LogP) is 4.70. The van der Waals surface area contributed by atoms with Crippen molar-refractivity contribution in [3.05, 3.63) is 23.2 Å². The monoisotopic (exact) mass is 370 g/mol. The van der Waals surface area contributed by atoms with Gasteiger partial charge in [0, 0.05) is 18.8 Å². The van der Waals surface area contributed by atoms with E-state index in [1.54, 1.807) is 12.1 Å². The van der Waals surface area contributed by atoms with Gasteiger partial charge >= 0.3 is 6.18 Å².